The van der Waals surface area contributed by atoms with Gasteiger partial charge in [0.15, 0.2) is 0 Å². The summed E-state index contributed by atoms with van der Waals surface area (Å²) in [5.74, 6) is -0.458. The van der Waals surface area contributed by atoms with E-state index in [9.17, 15) is 22.3 Å². The third-order valence-corrected chi connectivity index (χ3v) is 10.6. The zero-order valence-electron chi connectivity index (χ0n) is 20.8. The molecule has 4 atom stereocenters. The number of fused-ring (bicyclic) bond motifs is 3. The molecule has 9 heteroatoms. The summed E-state index contributed by atoms with van der Waals surface area (Å²) in [4.78, 5) is 4.27. The third kappa shape index (κ3) is 3.85. The normalized spacial score (nSPS) is 29.8. The van der Waals surface area contributed by atoms with E-state index in [1.807, 2.05) is 10.6 Å². The number of benzene rings is 2. The first kappa shape index (κ1) is 24.2. The fourth-order valence-electron chi connectivity index (χ4n) is 8.06. The number of aromatic nitrogens is 2. The number of sulfonamides is 1. The van der Waals surface area contributed by atoms with Gasteiger partial charge in [0.2, 0.25) is 0 Å². The van der Waals surface area contributed by atoms with Crippen molar-refractivity contribution < 1.29 is 22.3 Å². The van der Waals surface area contributed by atoms with Crippen LogP contribution in [0.5, 0.6) is 0 Å². The standard InChI is InChI=1S/C29H29F2N3O3S/c30-21-6-4-17(5-7-21)15-38(36,37)33-28-19-8-18-9-20(28)13-29(11-18,12-19)26(35)10-24-27-22(2-1-3-23(27)31)25-14-32-16-34(24)25/h1-7,14,16,18-20,24,26,35H,8-13,15H2. The summed E-state index contributed by atoms with van der Waals surface area (Å²) in [6.45, 7) is 0. The molecule has 0 radical (unpaired) electrons. The Morgan fingerprint density at radius 1 is 1.08 bits per heavy atom. The maximum Gasteiger partial charge on any atom is 0.257 e. The van der Waals surface area contributed by atoms with Crippen LogP contribution in [0.1, 0.15) is 55.7 Å². The molecule has 4 aliphatic carbocycles. The van der Waals surface area contributed by atoms with E-state index in [1.54, 1.807) is 18.6 Å². The van der Waals surface area contributed by atoms with Crippen molar-refractivity contribution in [3.05, 3.63) is 77.8 Å². The Labute approximate surface area is 220 Å². The van der Waals surface area contributed by atoms with Gasteiger partial charge in [0.25, 0.3) is 10.0 Å². The van der Waals surface area contributed by atoms with Crippen molar-refractivity contribution in [3.8, 4) is 11.3 Å². The highest BCUT2D eigenvalue weighted by Crippen LogP contribution is 2.61. The highest BCUT2D eigenvalue weighted by Gasteiger charge is 2.57. The molecule has 1 N–H and O–H groups in total. The highest BCUT2D eigenvalue weighted by molar-refractivity contribution is 7.89. The summed E-state index contributed by atoms with van der Waals surface area (Å²) in [7, 11) is -3.76. The van der Waals surface area contributed by atoms with Crippen LogP contribution in [-0.2, 0) is 15.8 Å². The van der Waals surface area contributed by atoms with Crippen molar-refractivity contribution in [1.29, 1.82) is 0 Å². The summed E-state index contributed by atoms with van der Waals surface area (Å²) in [5, 5.41) is 11.7. The van der Waals surface area contributed by atoms with E-state index >= 15 is 0 Å². The average Bonchev–Trinajstić information content (AvgIpc) is 3.45. The van der Waals surface area contributed by atoms with Crippen LogP contribution in [-0.4, -0.2) is 34.9 Å². The second-order valence-electron chi connectivity index (χ2n) is 11.7. The molecule has 3 aromatic rings. The number of imidazole rings is 1. The highest BCUT2D eigenvalue weighted by atomic mass is 32.2. The van der Waals surface area contributed by atoms with Crippen molar-refractivity contribution in [2.24, 2.45) is 27.6 Å². The molecule has 2 heterocycles. The minimum Gasteiger partial charge on any atom is -0.392 e. The summed E-state index contributed by atoms with van der Waals surface area (Å²) >= 11 is 0. The Bertz CT molecular complexity index is 1530. The molecule has 6 nitrogen and oxygen atoms in total. The quantitative estimate of drug-likeness (QED) is 0.464. The number of hydrogen-bond donors (Lipinski definition) is 1. The van der Waals surface area contributed by atoms with Gasteiger partial charge in [-0.25, -0.2) is 22.2 Å². The van der Waals surface area contributed by atoms with Crippen molar-refractivity contribution in [2.75, 3.05) is 0 Å². The molecule has 4 saturated carbocycles. The smallest absolute Gasteiger partial charge is 0.257 e. The summed E-state index contributed by atoms with van der Waals surface area (Å²) in [5.41, 5.74) is 3.23. The Kier molecular flexibility index (Phi) is 5.43. The van der Waals surface area contributed by atoms with Crippen LogP contribution >= 0.6 is 0 Å². The number of aliphatic hydroxyl groups is 1. The van der Waals surface area contributed by atoms with Crippen molar-refractivity contribution in [1.82, 2.24) is 9.55 Å². The molecule has 5 aliphatic rings. The molecule has 2 aromatic carbocycles. The zero-order valence-corrected chi connectivity index (χ0v) is 21.6. The summed E-state index contributed by atoms with van der Waals surface area (Å²) in [6, 6.07) is 10.2. The first-order valence-electron chi connectivity index (χ1n) is 13.3. The summed E-state index contributed by atoms with van der Waals surface area (Å²) in [6.07, 6.45) is 7.26. The molecule has 4 unspecified atom stereocenters. The van der Waals surface area contributed by atoms with Gasteiger partial charge in [-0.05, 0) is 85.5 Å². The topological polar surface area (TPSA) is 84.6 Å². The van der Waals surface area contributed by atoms with Gasteiger partial charge in [0.05, 0.1) is 36.1 Å². The maximum atomic E-state index is 15.0. The molecule has 1 aliphatic heterocycles. The Morgan fingerprint density at radius 3 is 2.55 bits per heavy atom. The molecule has 0 spiro atoms. The zero-order chi connectivity index (χ0) is 26.2. The fourth-order valence-corrected chi connectivity index (χ4v) is 9.36. The molecular formula is C29H29F2N3O3S. The lowest BCUT2D eigenvalue weighted by molar-refractivity contribution is -0.0854. The maximum absolute atomic E-state index is 15.0. The van der Waals surface area contributed by atoms with Gasteiger partial charge in [-0.1, -0.05) is 24.3 Å². The van der Waals surface area contributed by atoms with Gasteiger partial charge < -0.3 is 9.67 Å². The minimum atomic E-state index is -3.76. The van der Waals surface area contributed by atoms with Crippen LogP contribution in [0.15, 0.2) is 59.4 Å². The number of nitrogens with zero attached hydrogens (tertiary/aromatic N) is 3. The van der Waals surface area contributed by atoms with E-state index in [1.165, 1.54) is 30.3 Å². The van der Waals surface area contributed by atoms with Gasteiger partial charge in [0, 0.05) is 16.8 Å². The number of halogens is 2. The third-order valence-electron chi connectivity index (χ3n) is 9.40. The van der Waals surface area contributed by atoms with Crippen LogP contribution in [0.25, 0.3) is 11.3 Å². The molecule has 1 aromatic heterocycles. The van der Waals surface area contributed by atoms with Gasteiger partial charge >= 0.3 is 0 Å². The molecular weight excluding hydrogens is 508 g/mol. The predicted octanol–water partition coefficient (Wildman–Crippen LogP) is 5.28. The lowest BCUT2D eigenvalue weighted by Gasteiger charge is -2.59. The van der Waals surface area contributed by atoms with Crippen LogP contribution in [0.4, 0.5) is 8.78 Å². The van der Waals surface area contributed by atoms with E-state index < -0.39 is 21.9 Å². The molecule has 8 rings (SSSR count). The van der Waals surface area contributed by atoms with Crippen LogP contribution in [0.3, 0.4) is 0 Å². The fraction of sp³-hybridized carbons (Fsp3) is 0.448. The molecule has 4 bridgehead atoms. The lowest BCUT2D eigenvalue weighted by Crippen LogP contribution is -2.56. The van der Waals surface area contributed by atoms with Gasteiger partial charge in [-0.3, -0.25) is 0 Å². The first-order chi connectivity index (χ1) is 18.2. The second-order valence-corrected chi connectivity index (χ2v) is 13.4. The second kappa shape index (κ2) is 8.55. The predicted molar refractivity (Wildman–Crippen MR) is 139 cm³/mol. The van der Waals surface area contributed by atoms with E-state index in [4.69, 9.17) is 0 Å². The van der Waals surface area contributed by atoms with Crippen LogP contribution in [0, 0.1) is 34.8 Å². The van der Waals surface area contributed by atoms with Gasteiger partial charge in [-0.15, -0.1) is 0 Å². The first-order valence-corrected chi connectivity index (χ1v) is 14.9. The average molecular weight is 538 g/mol. The van der Waals surface area contributed by atoms with E-state index in [0.717, 1.165) is 36.2 Å². The van der Waals surface area contributed by atoms with Crippen LogP contribution < -0.4 is 0 Å². The van der Waals surface area contributed by atoms with E-state index in [2.05, 4.69) is 9.38 Å². The molecule has 0 saturated heterocycles. The largest absolute Gasteiger partial charge is 0.392 e. The van der Waals surface area contributed by atoms with Crippen LogP contribution in [0.2, 0.25) is 0 Å². The van der Waals surface area contributed by atoms with Gasteiger partial charge in [-0.2, -0.15) is 4.40 Å². The number of aliphatic hydroxyl groups excluding tert-OH is 1. The number of rotatable bonds is 6. The Hall–Kier alpha value is -2.91. The van der Waals surface area contributed by atoms with Crippen molar-refractivity contribution in [2.45, 2.75) is 56.4 Å². The Balaban J connectivity index is 1.14. The van der Waals surface area contributed by atoms with Crippen molar-refractivity contribution >= 4 is 15.7 Å². The Morgan fingerprint density at radius 2 is 1.82 bits per heavy atom. The molecule has 198 valence electrons. The van der Waals surface area contributed by atoms with Gasteiger partial charge in [0.1, 0.15) is 11.6 Å². The number of hydrogen-bond acceptors (Lipinski definition) is 4. The SMILES string of the molecule is O=S(=O)(Cc1ccc(F)cc1)N=C1C2CC3CC1CC(C(O)CC1c4c(F)cccc4-c4cncn41)(C3)C2. The molecule has 0 amide bonds. The van der Waals surface area contributed by atoms with Crippen molar-refractivity contribution in [3.63, 3.8) is 0 Å². The minimum absolute atomic E-state index is 0.0234. The van der Waals surface area contributed by atoms with E-state index in [0.29, 0.717) is 36.3 Å². The van der Waals surface area contributed by atoms with E-state index in [-0.39, 0.29) is 34.9 Å². The molecule has 38 heavy (non-hydrogen) atoms. The summed E-state index contributed by atoms with van der Waals surface area (Å²) < 4.78 is 60.5. The molecule has 4 fully saturated rings. The monoisotopic (exact) mass is 537 g/mol. The lowest BCUT2D eigenvalue weighted by atomic mass is 9.47.